The highest BCUT2D eigenvalue weighted by molar-refractivity contribution is 6.30. The van der Waals surface area contributed by atoms with Crippen LogP contribution in [0.3, 0.4) is 0 Å². The standard InChI is InChI=1S/C15H21ClN2O.ClH/c16-13-3-4-15(19-10-11-1-2-11)12(7-13)8-18-6-5-14(17)9-18;/h3-4,7,11,14H,1-2,5-6,8-10,17H2;1H. The highest BCUT2D eigenvalue weighted by Gasteiger charge is 2.23. The van der Waals surface area contributed by atoms with Crippen LogP contribution in [-0.4, -0.2) is 30.6 Å². The van der Waals surface area contributed by atoms with Gasteiger partial charge in [-0.25, -0.2) is 0 Å². The number of hydrogen-bond donors (Lipinski definition) is 1. The first-order valence-corrected chi connectivity index (χ1v) is 7.47. The van der Waals surface area contributed by atoms with E-state index >= 15 is 0 Å². The lowest BCUT2D eigenvalue weighted by atomic mass is 10.2. The summed E-state index contributed by atoms with van der Waals surface area (Å²) >= 11 is 6.11. The fourth-order valence-corrected chi connectivity index (χ4v) is 2.75. The zero-order chi connectivity index (χ0) is 13.2. The topological polar surface area (TPSA) is 38.5 Å². The van der Waals surface area contributed by atoms with Gasteiger partial charge in [-0.2, -0.15) is 0 Å². The Morgan fingerprint density at radius 1 is 1.30 bits per heavy atom. The minimum absolute atomic E-state index is 0. The van der Waals surface area contributed by atoms with E-state index in [-0.39, 0.29) is 12.4 Å². The first-order chi connectivity index (χ1) is 9.20. The fraction of sp³-hybridized carbons (Fsp3) is 0.600. The number of rotatable bonds is 5. The average molecular weight is 317 g/mol. The summed E-state index contributed by atoms with van der Waals surface area (Å²) in [6, 6.07) is 6.24. The first-order valence-electron chi connectivity index (χ1n) is 7.10. The number of nitrogens with two attached hydrogens (primary N) is 1. The summed E-state index contributed by atoms with van der Waals surface area (Å²) < 4.78 is 5.94. The Balaban J connectivity index is 0.00000147. The number of halogens is 2. The van der Waals surface area contributed by atoms with Gasteiger partial charge >= 0.3 is 0 Å². The van der Waals surface area contributed by atoms with Crippen LogP contribution >= 0.6 is 24.0 Å². The van der Waals surface area contributed by atoms with Crippen molar-refractivity contribution in [1.29, 1.82) is 0 Å². The van der Waals surface area contributed by atoms with Gasteiger partial charge in [-0.3, -0.25) is 4.90 Å². The molecule has 2 aliphatic rings. The Morgan fingerprint density at radius 2 is 2.10 bits per heavy atom. The average Bonchev–Trinajstić information content (AvgIpc) is 3.12. The van der Waals surface area contributed by atoms with Crippen LogP contribution in [0.1, 0.15) is 24.8 Å². The molecular formula is C15H22Cl2N2O. The summed E-state index contributed by atoms with van der Waals surface area (Å²) in [6.45, 7) is 3.76. The predicted molar refractivity (Wildman–Crippen MR) is 84.8 cm³/mol. The molecule has 2 fully saturated rings. The van der Waals surface area contributed by atoms with Crippen LogP contribution in [0.5, 0.6) is 5.75 Å². The molecule has 0 aromatic heterocycles. The van der Waals surface area contributed by atoms with Gasteiger partial charge in [-0.15, -0.1) is 12.4 Å². The summed E-state index contributed by atoms with van der Waals surface area (Å²) in [4.78, 5) is 2.38. The highest BCUT2D eigenvalue weighted by atomic mass is 35.5. The molecule has 3 rings (SSSR count). The maximum Gasteiger partial charge on any atom is 0.123 e. The Labute approximate surface area is 131 Å². The van der Waals surface area contributed by atoms with Crippen molar-refractivity contribution in [2.45, 2.75) is 31.8 Å². The molecule has 1 aliphatic heterocycles. The summed E-state index contributed by atoms with van der Waals surface area (Å²) in [6.07, 6.45) is 3.70. The lowest BCUT2D eigenvalue weighted by Crippen LogP contribution is -2.26. The minimum atomic E-state index is 0. The number of likely N-dealkylation sites (tertiary alicyclic amines) is 1. The summed E-state index contributed by atoms with van der Waals surface area (Å²) in [5.41, 5.74) is 7.14. The molecule has 5 heteroatoms. The second kappa shape index (κ2) is 6.99. The SMILES string of the molecule is Cl.NC1CCN(Cc2cc(Cl)ccc2OCC2CC2)C1. The van der Waals surface area contributed by atoms with Gasteiger partial charge in [0, 0.05) is 36.3 Å². The van der Waals surface area contributed by atoms with Crippen LogP contribution in [0, 0.1) is 5.92 Å². The van der Waals surface area contributed by atoms with E-state index in [0.717, 1.165) is 49.4 Å². The van der Waals surface area contributed by atoms with Gasteiger partial charge in [0.15, 0.2) is 0 Å². The van der Waals surface area contributed by atoms with E-state index in [0.29, 0.717) is 6.04 Å². The molecule has 2 N–H and O–H groups in total. The summed E-state index contributed by atoms with van der Waals surface area (Å²) in [7, 11) is 0. The zero-order valence-corrected chi connectivity index (χ0v) is 13.1. The molecule has 1 saturated heterocycles. The van der Waals surface area contributed by atoms with Crippen LogP contribution in [0.4, 0.5) is 0 Å². The van der Waals surface area contributed by atoms with E-state index in [1.165, 1.54) is 18.4 Å². The largest absolute Gasteiger partial charge is 0.493 e. The van der Waals surface area contributed by atoms with Crippen molar-refractivity contribution in [3.05, 3.63) is 28.8 Å². The number of ether oxygens (including phenoxy) is 1. The highest BCUT2D eigenvalue weighted by Crippen LogP contribution is 2.31. The van der Waals surface area contributed by atoms with E-state index in [1.54, 1.807) is 0 Å². The van der Waals surface area contributed by atoms with Gasteiger partial charge in [0.25, 0.3) is 0 Å². The van der Waals surface area contributed by atoms with Crippen LogP contribution in [0.2, 0.25) is 5.02 Å². The predicted octanol–water partition coefficient (Wildman–Crippen LogP) is 3.08. The number of benzene rings is 1. The minimum Gasteiger partial charge on any atom is -0.493 e. The Hall–Kier alpha value is -0.480. The molecule has 3 nitrogen and oxygen atoms in total. The van der Waals surface area contributed by atoms with Crippen LogP contribution in [-0.2, 0) is 6.54 Å². The Morgan fingerprint density at radius 3 is 2.75 bits per heavy atom. The van der Waals surface area contributed by atoms with E-state index in [2.05, 4.69) is 4.90 Å². The maximum atomic E-state index is 6.11. The van der Waals surface area contributed by atoms with Crippen molar-refractivity contribution in [2.75, 3.05) is 19.7 Å². The quantitative estimate of drug-likeness (QED) is 0.907. The second-order valence-electron chi connectivity index (χ2n) is 5.79. The molecule has 20 heavy (non-hydrogen) atoms. The molecule has 1 heterocycles. The smallest absolute Gasteiger partial charge is 0.123 e. The lowest BCUT2D eigenvalue weighted by molar-refractivity contribution is 0.281. The van der Waals surface area contributed by atoms with Crippen molar-refractivity contribution in [1.82, 2.24) is 4.90 Å². The molecule has 0 spiro atoms. The first kappa shape index (κ1) is 15.9. The molecule has 1 saturated carbocycles. The number of nitrogens with zero attached hydrogens (tertiary/aromatic N) is 1. The fourth-order valence-electron chi connectivity index (χ4n) is 2.55. The second-order valence-corrected chi connectivity index (χ2v) is 6.23. The van der Waals surface area contributed by atoms with Gasteiger partial charge in [0.05, 0.1) is 6.61 Å². The Bertz CT molecular complexity index is 451. The molecular weight excluding hydrogens is 295 g/mol. The van der Waals surface area contributed by atoms with Gasteiger partial charge < -0.3 is 10.5 Å². The molecule has 0 amide bonds. The van der Waals surface area contributed by atoms with Crippen LogP contribution in [0.15, 0.2) is 18.2 Å². The van der Waals surface area contributed by atoms with Gasteiger partial charge in [0.2, 0.25) is 0 Å². The maximum absolute atomic E-state index is 6.11. The molecule has 1 aromatic rings. The van der Waals surface area contributed by atoms with Gasteiger partial charge in [-0.1, -0.05) is 11.6 Å². The molecule has 0 bridgehead atoms. The van der Waals surface area contributed by atoms with Crippen molar-refractivity contribution in [3.63, 3.8) is 0 Å². The van der Waals surface area contributed by atoms with Gasteiger partial charge in [-0.05, 0) is 43.4 Å². The third-order valence-electron chi connectivity index (χ3n) is 3.90. The van der Waals surface area contributed by atoms with Crippen molar-refractivity contribution < 1.29 is 4.74 Å². The molecule has 112 valence electrons. The van der Waals surface area contributed by atoms with E-state index in [4.69, 9.17) is 22.1 Å². The Kier molecular flexibility index (Phi) is 5.56. The third-order valence-corrected chi connectivity index (χ3v) is 4.13. The van der Waals surface area contributed by atoms with Crippen molar-refractivity contribution in [2.24, 2.45) is 11.7 Å². The molecule has 1 atom stereocenters. The zero-order valence-electron chi connectivity index (χ0n) is 11.6. The van der Waals surface area contributed by atoms with Crippen molar-refractivity contribution >= 4 is 24.0 Å². The molecule has 1 aromatic carbocycles. The number of hydrogen-bond acceptors (Lipinski definition) is 3. The third kappa shape index (κ3) is 4.26. The normalized spacial score (nSPS) is 22.6. The summed E-state index contributed by atoms with van der Waals surface area (Å²) in [5.74, 6) is 1.75. The van der Waals surface area contributed by atoms with E-state index in [1.807, 2.05) is 18.2 Å². The lowest BCUT2D eigenvalue weighted by Gasteiger charge is -2.18. The molecule has 0 radical (unpaired) electrons. The van der Waals surface area contributed by atoms with Gasteiger partial charge in [0.1, 0.15) is 5.75 Å². The summed E-state index contributed by atoms with van der Waals surface area (Å²) in [5, 5.41) is 0.775. The molecule has 1 unspecified atom stereocenters. The van der Waals surface area contributed by atoms with E-state index in [9.17, 15) is 0 Å². The van der Waals surface area contributed by atoms with Crippen molar-refractivity contribution in [3.8, 4) is 5.75 Å². The monoisotopic (exact) mass is 316 g/mol. The molecule has 1 aliphatic carbocycles. The van der Waals surface area contributed by atoms with E-state index < -0.39 is 0 Å². The van der Waals surface area contributed by atoms with Crippen LogP contribution < -0.4 is 10.5 Å². The van der Waals surface area contributed by atoms with Crippen LogP contribution in [0.25, 0.3) is 0 Å².